The standard InChI is InChI=1S/C12H19N3O3S2/c1-9-4-6-19-11(9)12(16)15-5-2-3-10(8-15)7-14-20(13,17)18/h4,6,10,14H,2-3,5,7-8H2,1H3,(H2,13,17,18). The van der Waals surface area contributed by atoms with E-state index in [1.807, 2.05) is 18.4 Å². The fourth-order valence-electron chi connectivity index (χ4n) is 2.39. The molecular formula is C12H19N3O3S2. The lowest BCUT2D eigenvalue weighted by atomic mass is 9.98. The zero-order valence-corrected chi connectivity index (χ0v) is 13.0. The Balaban J connectivity index is 1.97. The van der Waals surface area contributed by atoms with Crippen molar-refractivity contribution in [3.63, 3.8) is 0 Å². The van der Waals surface area contributed by atoms with Crippen molar-refractivity contribution in [2.45, 2.75) is 19.8 Å². The fourth-order valence-corrected chi connectivity index (χ4v) is 3.75. The van der Waals surface area contributed by atoms with Gasteiger partial charge in [-0.05, 0) is 42.7 Å². The largest absolute Gasteiger partial charge is 0.338 e. The molecule has 1 saturated heterocycles. The molecule has 1 fully saturated rings. The van der Waals surface area contributed by atoms with Gasteiger partial charge in [-0.25, -0.2) is 9.86 Å². The summed E-state index contributed by atoms with van der Waals surface area (Å²) in [6.07, 6.45) is 1.78. The van der Waals surface area contributed by atoms with Gasteiger partial charge in [0, 0.05) is 19.6 Å². The number of carbonyl (C=O) groups excluding carboxylic acids is 1. The molecular weight excluding hydrogens is 298 g/mol. The van der Waals surface area contributed by atoms with Crippen LogP contribution < -0.4 is 9.86 Å². The maximum Gasteiger partial charge on any atom is 0.274 e. The van der Waals surface area contributed by atoms with Gasteiger partial charge in [0.1, 0.15) is 0 Å². The van der Waals surface area contributed by atoms with Crippen LogP contribution >= 0.6 is 11.3 Å². The summed E-state index contributed by atoms with van der Waals surface area (Å²) in [5, 5.41) is 6.84. The van der Waals surface area contributed by atoms with Crippen molar-refractivity contribution in [1.29, 1.82) is 0 Å². The lowest BCUT2D eigenvalue weighted by Gasteiger charge is -2.32. The molecule has 0 spiro atoms. The van der Waals surface area contributed by atoms with Crippen LogP contribution in [0.5, 0.6) is 0 Å². The van der Waals surface area contributed by atoms with Crippen molar-refractivity contribution in [3.05, 3.63) is 21.9 Å². The lowest BCUT2D eigenvalue weighted by molar-refractivity contribution is 0.0680. The van der Waals surface area contributed by atoms with Gasteiger partial charge in [0.25, 0.3) is 16.1 Å². The smallest absolute Gasteiger partial charge is 0.274 e. The first-order valence-corrected chi connectivity index (χ1v) is 8.90. The molecule has 112 valence electrons. The zero-order chi connectivity index (χ0) is 14.8. The number of nitrogens with zero attached hydrogens (tertiary/aromatic N) is 1. The van der Waals surface area contributed by atoms with E-state index in [1.165, 1.54) is 11.3 Å². The van der Waals surface area contributed by atoms with Gasteiger partial charge < -0.3 is 4.90 Å². The van der Waals surface area contributed by atoms with Crippen molar-refractivity contribution in [1.82, 2.24) is 9.62 Å². The van der Waals surface area contributed by atoms with Gasteiger partial charge in [-0.2, -0.15) is 8.42 Å². The molecule has 1 amide bonds. The summed E-state index contributed by atoms with van der Waals surface area (Å²) >= 11 is 1.45. The Morgan fingerprint density at radius 2 is 2.35 bits per heavy atom. The van der Waals surface area contributed by atoms with E-state index in [9.17, 15) is 13.2 Å². The number of amides is 1. The first-order valence-electron chi connectivity index (χ1n) is 6.47. The van der Waals surface area contributed by atoms with Crippen LogP contribution in [0.2, 0.25) is 0 Å². The van der Waals surface area contributed by atoms with Gasteiger partial charge in [-0.15, -0.1) is 11.3 Å². The second kappa shape index (κ2) is 6.21. The van der Waals surface area contributed by atoms with Crippen LogP contribution in [0.1, 0.15) is 28.1 Å². The van der Waals surface area contributed by atoms with Crippen LogP contribution in [0, 0.1) is 12.8 Å². The molecule has 1 aliphatic heterocycles. The lowest BCUT2D eigenvalue weighted by Crippen LogP contribution is -2.44. The van der Waals surface area contributed by atoms with Crippen molar-refractivity contribution < 1.29 is 13.2 Å². The molecule has 1 aromatic rings. The molecule has 8 heteroatoms. The third-order valence-electron chi connectivity index (χ3n) is 3.44. The van der Waals surface area contributed by atoms with E-state index in [4.69, 9.17) is 5.14 Å². The summed E-state index contributed by atoms with van der Waals surface area (Å²) in [7, 11) is -3.66. The van der Waals surface area contributed by atoms with E-state index in [1.54, 1.807) is 4.90 Å². The first-order chi connectivity index (χ1) is 9.37. The monoisotopic (exact) mass is 317 g/mol. The third-order valence-corrected chi connectivity index (χ3v) is 5.01. The van der Waals surface area contributed by atoms with Gasteiger partial charge in [-0.1, -0.05) is 0 Å². The number of likely N-dealkylation sites (tertiary alicyclic amines) is 1. The van der Waals surface area contributed by atoms with Crippen molar-refractivity contribution in [2.24, 2.45) is 11.1 Å². The minimum Gasteiger partial charge on any atom is -0.338 e. The predicted molar refractivity (Wildman–Crippen MR) is 78.8 cm³/mol. The van der Waals surface area contributed by atoms with Crippen molar-refractivity contribution in [3.8, 4) is 0 Å². The number of hydrogen-bond acceptors (Lipinski definition) is 4. The number of rotatable bonds is 4. The second-order valence-corrected chi connectivity index (χ2v) is 7.38. The molecule has 2 rings (SSSR count). The van der Waals surface area contributed by atoms with Gasteiger partial charge in [0.05, 0.1) is 4.88 Å². The number of piperidine rings is 1. The average Bonchev–Trinajstić information content (AvgIpc) is 2.81. The summed E-state index contributed by atoms with van der Waals surface area (Å²) in [4.78, 5) is 15.0. The number of carbonyl (C=O) groups is 1. The molecule has 0 bridgehead atoms. The Labute approximate surface area is 123 Å². The summed E-state index contributed by atoms with van der Waals surface area (Å²) in [6.45, 7) is 3.50. The van der Waals surface area contributed by atoms with Crippen LogP contribution in [0.4, 0.5) is 0 Å². The predicted octanol–water partition coefficient (Wildman–Crippen LogP) is 0.702. The summed E-state index contributed by atoms with van der Waals surface area (Å²) in [5.74, 6) is 0.157. The van der Waals surface area contributed by atoms with E-state index in [2.05, 4.69) is 4.72 Å². The van der Waals surface area contributed by atoms with Crippen LogP contribution in [-0.2, 0) is 10.2 Å². The normalized spacial score (nSPS) is 20.1. The molecule has 1 unspecified atom stereocenters. The Bertz CT molecular complexity index is 583. The molecule has 0 radical (unpaired) electrons. The number of nitrogens with two attached hydrogens (primary N) is 1. The van der Waals surface area contributed by atoms with E-state index in [-0.39, 0.29) is 18.4 Å². The summed E-state index contributed by atoms with van der Waals surface area (Å²) in [6, 6.07) is 1.93. The third kappa shape index (κ3) is 4.02. The van der Waals surface area contributed by atoms with E-state index < -0.39 is 10.2 Å². The molecule has 6 nitrogen and oxygen atoms in total. The quantitative estimate of drug-likeness (QED) is 0.856. The van der Waals surface area contributed by atoms with Gasteiger partial charge in [-0.3, -0.25) is 4.79 Å². The summed E-state index contributed by atoms with van der Waals surface area (Å²) in [5.41, 5.74) is 0.991. The topological polar surface area (TPSA) is 92.5 Å². The Kier molecular flexibility index (Phi) is 4.79. The highest BCUT2D eigenvalue weighted by molar-refractivity contribution is 7.87. The van der Waals surface area contributed by atoms with Crippen LogP contribution in [0.3, 0.4) is 0 Å². The zero-order valence-electron chi connectivity index (χ0n) is 11.3. The van der Waals surface area contributed by atoms with Gasteiger partial charge in [0.2, 0.25) is 0 Å². The van der Waals surface area contributed by atoms with Crippen LogP contribution in [-0.4, -0.2) is 38.9 Å². The van der Waals surface area contributed by atoms with Crippen LogP contribution in [0.15, 0.2) is 11.4 Å². The van der Waals surface area contributed by atoms with E-state index >= 15 is 0 Å². The number of hydrogen-bond donors (Lipinski definition) is 2. The maximum absolute atomic E-state index is 12.4. The molecule has 0 aliphatic carbocycles. The molecule has 2 heterocycles. The molecule has 20 heavy (non-hydrogen) atoms. The Morgan fingerprint density at radius 3 is 2.95 bits per heavy atom. The number of aryl methyl sites for hydroxylation is 1. The van der Waals surface area contributed by atoms with E-state index in [0.717, 1.165) is 29.8 Å². The number of nitrogens with one attached hydrogen (secondary N) is 1. The minimum absolute atomic E-state index is 0.0396. The van der Waals surface area contributed by atoms with Crippen molar-refractivity contribution in [2.75, 3.05) is 19.6 Å². The van der Waals surface area contributed by atoms with Crippen molar-refractivity contribution >= 4 is 27.5 Å². The highest BCUT2D eigenvalue weighted by Crippen LogP contribution is 2.22. The Morgan fingerprint density at radius 1 is 1.60 bits per heavy atom. The van der Waals surface area contributed by atoms with Gasteiger partial charge in [0.15, 0.2) is 0 Å². The van der Waals surface area contributed by atoms with Gasteiger partial charge >= 0.3 is 0 Å². The highest BCUT2D eigenvalue weighted by Gasteiger charge is 2.26. The van der Waals surface area contributed by atoms with Crippen LogP contribution in [0.25, 0.3) is 0 Å². The maximum atomic E-state index is 12.4. The SMILES string of the molecule is Cc1ccsc1C(=O)N1CCCC(CNS(N)(=O)=O)C1. The molecule has 1 aliphatic rings. The fraction of sp³-hybridized carbons (Fsp3) is 0.583. The molecule has 0 aromatic carbocycles. The summed E-state index contributed by atoms with van der Waals surface area (Å²) < 4.78 is 24.1. The Hall–Kier alpha value is -0.960. The molecule has 3 N–H and O–H groups in total. The minimum atomic E-state index is -3.66. The second-order valence-electron chi connectivity index (χ2n) is 5.09. The van der Waals surface area contributed by atoms with E-state index in [0.29, 0.717) is 6.54 Å². The molecule has 1 aromatic heterocycles. The first kappa shape index (κ1) is 15.4. The highest BCUT2D eigenvalue weighted by atomic mass is 32.2. The average molecular weight is 317 g/mol. The molecule has 1 atom stereocenters. The molecule has 0 saturated carbocycles. The number of thiophene rings is 1.